The van der Waals surface area contributed by atoms with Crippen LogP contribution in [-0.2, 0) is 28.9 Å². The molecule has 1 atom stereocenters. The zero-order valence-corrected chi connectivity index (χ0v) is 27.3. The lowest BCUT2D eigenvalue weighted by molar-refractivity contribution is -0.894. The van der Waals surface area contributed by atoms with E-state index in [1.807, 2.05) is 54.6 Å². The van der Waals surface area contributed by atoms with Crippen molar-refractivity contribution in [2.24, 2.45) is 11.8 Å². The van der Waals surface area contributed by atoms with E-state index < -0.39 is 19.8 Å². The lowest BCUT2D eigenvalue weighted by Gasteiger charge is -2.47. The second-order valence-corrected chi connectivity index (χ2v) is 11.6. The average Bonchev–Trinajstić information content (AvgIpc) is 3.07. The fourth-order valence-electron chi connectivity index (χ4n) is 6.09. The SMILES string of the molecule is CC[NH+](CC)CC.COC(OC)(OC(c1ccccc1)(c1ccccc1)c1ccccc1)C1CCC(CO[P+](=O)[O-])CC1. The second-order valence-electron chi connectivity index (χ2n) is 10.9. The molecule has 234 valence electrons. The number of hydrogen-bond donors (Lipinski definition) is 1. The molecule has 3 aromatic rings. The van der Waals surface area contributed by atoms with Crippen molar-refractivity contribution in [2.75, 3.05) is 40.5 Å². The van der Waals surface area contributed by atoms with Crippen molar-refractivity contribution >= 4 is 8.25 Å². The molecule has 0 heterocycles. The molecule has 0 saturated heterocycles. The molecule has 1 aliphatic rings. The third-order valence-electron chi connectivity index (χ3n) is 8.67. The molecule has 1 aliphatic carbocycles. The van der Waals surface area contributed by atoms with Crippen LogP contribution >= 0.6 is 8.25 Å². The minimum absolute atomic E-state index is 0.0692. The van der Waals surface area contributed by atoms with Crippen molar-refractivity contribution in [3.05, 3.63) is 108 Å². The molecule has 1 saturated carbocycles. The summed E-state index contributed by atoms with van der Waals surface area (Å²) in [6.45, 7) is 10.7. The van der Waals surface area contributed by atoms with Gasteiger partial charge >= 0.3 is 8.25 Å². The summed E-state index contributed by atoms with van der Waals surface area (Å²) in [4.78, 5) is 12.6. The Kier molecular flexibility index (Phi) is 14.4. The highest BCUT2D eigenvalue weighted by Gasteiger charge is 2.51. The summed E-state index contributed by atoms with van der Waals surface area (Å²) in [6, 6.07) is 30.4. The van der Waals surface area contributed by atoms with Gasteiger partial charge < -0.3 is 24.0 Å². The van der Waals surface area contributed by atoms with Crippen LogP contribution in [-0.4, -0.2) is 46.4 Å². The first kappa shape index (κ1) is 35.0. The summed E-state index contributed by atoms with van der Waals surface area (Å²) >= 11 is 0. The summed E-state index contributed by atoms with van der Waals surface area (Å²) < 4.78 is 35.1. The Morgan fingerprint density at radius 3 is 1.42 bits per heavy atom. The molecule has 1 fully saturated rings. The molecule has 0 amide bonds. The maximum atomic E-state index is 10.9. The van der Waals surface area contributed by atoms with Crippen molar-refractivity contribution in [2.45, 2.75) is 58.0 Å². The van der Waals surface area contributed by atoms with Gasteiger partial charge in [0.05, 0.1) is 19.6 Å². The maximum Gasteiger partial charge on any atom is 0.488 e. The van der Waals surface area contributed by atoms with Crippen molar-refractivity contribution in [1.82, 2.24) is 0 Å². The molecule has 0 bridgehead atoms. The van der Waals surface area contributed by atoms with Crippen LogP contribution in [0.2, 0.25) is 0 Å². The predicted octanol–water partition coefficient (Wildman–Crippen LogP) is 5.71. The quantitative estimate of drug-likeness (QED) is 0.143. The van der Waals surface area contributed by atoms with Crippen LogP contribution < -0.4 is 9.79 Å². The molecule has 0 aliphatic heterocycles. The number of ether oxygens (including phenoxy) is 3. The van der Waals surface area contributed by atoms with Gasteiger partial charge in [-0.1, -0.05) is 91.0 Å². The lowest BCUT2D eigenvalue weighted by Crippen LogP contribution is -3.11. The Balaban J connectivity index is 0.000000646. The Bertz CT molecular complexity index is 1080. The van der Waals surface area contributed by atoms with Crippen molar-refractivity contribution < 1.29 is 33.1 Å². The summed E-state index contributed by atoms with van der Waals surface area (Å²) in [6.07, 6.45) is 3.08. The van der Waals surface area contributed by atoms with Gasteiger partial charge in [0.25, 0.3) is 5.97 Å². The molecule has 0 aromatic heterocycles. The summed E-state index contributed by atoms with van der Waals surface area (Å²) in [5.74, 6) is -1.24. The van der Waals surface area contributed by atoms with Gasteiger partial charge in [-0.3, -0.25) is 0 Å². The van der Waals surface area contributed by atoms with E-state index in [2.05, 4.69) is 57.2 Å². The van der Waals surface area contributed by atoms with Crippen LogP contribution in [0, 0.1) is 11.8 Å². The average molecular weight is 611 g/mol. The first-order valence-corrected chi connectivity index (χ1v) is 16.6. The second kappa shape index (κ2) is 17.7. The minimum Gasteiger partial charge on any atom is -0.566 e. The van der Waals surface area contributed by atoms with E-state index in [9.17, 15) is 9.46 Å². The molecule has 1 unspecified atom stereocenters. The molecule has 43 heavy (non-hydrogen) atoms. The molecule has 0 radical (unpaired) electrons. The molecule has 0 spiro atoms. The predicted molar refractivity (Wildman–Crippen MR) is 169 cm³/mol. The van der Waals surface area contributed by atoms with E-state index >= 15 is 0 Å². The van der Waals surface area contributed by atoms with Gasteiger partial charge in [0.2, 0.25) is 0 Å². The Labute approximate surface area is 259 Å². The van der Waals surface area contributed by atoms with Crippen LogP contribution in [0.25, 0.3) is 0 Å². The van der Waals surface area contributed by atoms with E-state index in [1.165, 1.54) is 19.6 Å². The summed E-state index contributed by atoms with van der Waals surface area (Å²) in [5.41, 5.74) is 1.88. The highest BCUT2D eigenvalue weighted by atomic mass is 31.1. The maximum absolute atomic E-state index is 10.9. The molecule has 1 N–H and O–H groups in total. The lowest BCUT2D eigenvalue weighted by atomic mass is 9.78. The topological polar surface area (TPSA) is 81.5 Å². The van der Waals surface area contributed by atoms with Crippen molar-refractivity contribution in [1.29, 1.82) is 0 Å². The van der Waals surface area contributed by atoms with Gasteiger partial charge in [-0.2, -0.15) is 0 Å². The van der Waals surface area contributed by atoms with Gasteiger partial charge in [0, 0.05) is 20.1 Å². The number of rotatable bonds is 14. The fraction of sp³-hybridized carbons (Fsp3) is 0.486. The van der Waals surface area contributed by atoms with Crippen LogP contribution in [0.4, 0.5) is 0 Å². The summed E-state index contributed by atoms with van der Waals surface area (Å²) in [7, 11) is 0.400. The molecule has 8 heteroatoms. The third kappa shape index (κ3) is 9.02. The van der Waals surface area contributed by atoms with Crippen LogP contribution in [0.3, 0.4) is 0 Å². The Hall–Kier alpha value is -2.48. The van der Waals surface area contributed by atoms with Gasteiger partial charge in [0.15, 0.2) is 0 Å². The van der Waals surface area contributed by atoms with Gasteiger partial charge in [-0.25, -0.2) is 0 Å². The van der Waals surface area contributed by atoms with Gasteiger partial charge in [-0.15, -0.1) is 4.52 Å². The molecular formula is C35H49NO6P+. The van der Waals surface area contributed by atoms with Crippen LogP contribution in [0.1, 0.15) is 63.1 Å². The smallest absolute Gasteiger partial charge is 0.488 e. The molecule has 7 nitrogen and oxygen atoms in total. The number of hydrogen-bond acceptors (Lipinski definition) is 6. The van der Waals surface area contributed by atoms with E-state index in [-0.39, 0.29) is 18.4 Å². The van der Waals surface area contributed by atoms with Gasteiger partial charge in [-0.05, 0) is 73.6 Å². The molecule has 3 aromatic carbocycles. The number of methoxy groups -OCH3 is 2. The van der Waals surface area contributed by atoms with Crippen molar-refractivity contribution in [3.8, 4) is 0 Å². The van der Waals surface area contributed by atoms with Gasteiger partial charge in [0.1, 0.15) is 12.2 Å². The normalized spacial score (nSPS) is 17.7. The monoisotopic (exact) mass is 610 g/mol. The van der Waals surface area contributed by atoms with E-state index in [1.54, 1.807) is 19.1 Å². The third-order valence-corrected chi connectivity index (χ3v) is 9.03. The molecule has 4 rings (SSSR count). The first-order chi connectivity index (χ1) is 20.9. The zero-order chi connectivity index (χ0) is 31.1. The number of quaternary nitrogens is 1. The largest absolute Gasteiger partial charge is 0.566 e. The van der Waals surface area contributed by atoms with E-state index in [0.29, 0.717) is 0 Å². The fourth-order valence-corrected chi connectivity index (χ4v) is 6.42. The Morgan fingerprint density at radius 2 is 1.12 bits per heavy atom. The minimum atomic E-state index is -2.84. The van der Waals surface area contributed by atoms with Crippen LogP contribution in [0.5, 0.6) is 0 Å². The van der Waals surface area contributed by atoms with E-state index in [0.717, 1.165) is 42.4 Å². The number of benzene rings is 3. The highest BCUT2D eigenvalue weighted by Crippen LogP contribution is 2.48. The first-order valence-electron chi connectivity index (χ1n) is 15.5. The zero-order valence-electron chi connectivity index (χ0n) is 26.4. The van der Waals surface area contributed by atoms with Crippen molar-refractivity contribution in [3.63, 3.8) is 0 Å². The Morgan fingerprint density at radius 1 is 0.721 bits per heavy atom. The highest BCUT2D eigenvalue weighted by molar-refractivity contribution is 7.30. The standard InChI is InChI=1S/C29H33O6P.C6H15N/c1-32-29(33-2,27-20-18-23(19-21-27)22-34-36(30)31)35-28(24-12-6-3-7-13-24,25-14-8-4-9-15-25)26-16-10-5-11-17-26;1-4-7(5-2)6-3/h3-17,23,27H,18-22H2,1-2H3;4-6H2,1-3H3/p+1. The number of nitrogens with one attached hydrogen (secondary N) is 1. The summed E-state index contributed by atoms with van der Waals surface area (Å²) in [5, 5.41) is 0. The van der Waals surface area contributed by atoms with E-state index in [4.69, 9.17) is 18.7 Å². The molecular weight excluding hydrogens is 561 g/mol. The van der Waals surface area contributed by atoms with Crippen LogP contribution in [0.15, 0.2) is 91.0 Å².